The van der Waals surface area contributed by atoms with Gasteiger partial charge in [0.2, 0.25) is 0 Å². The molecule has 5 heteroatoms. The predicted molar refractivity (Wildman–Crippen MR) is 99.5 cm³/mol. The van der Waals surface area contributed by atoms with Gasteiger partial charge in [-0.2, -0.15) is 0 Å². The lowest BCUT2D eigenvalue weighted by molar-refractivity contribution is 0.0941. The van der Waals surface area contributed by atoms with Crippen LogP contribution in [0.5, 0.6) is 11.5 Å². The SMILES string of the molecule is COc1cc(OC)cc(C(=O)NC(c2ccccc2)c2ccccn2)c1. The number of nitrogens with zero attached hydrogens (tertiary/aromatic N) is 1. The Kier molecular flexibility index (Phi) is 5.49. The van der Waals surface area contributed by atoms with Crippen molar-refractivity contribution in [2.75, 3.05) is 14.2 Å². The second-order valence-corrected chi connectivity index (χ2v) is 5.67. The molecule has 26 heavy (non-hydrogen) atoms. The van der Waals surface area contributed by atoms with Crippen LogP contribution in [0.15, 0.2) is 72.9 Å². The van der Waals surface area contributed by atoms with Crippen molar-refractivity contribution in [3.63, 3.8) is 0 Å². The number of aromatic nitrogens is 1. The smallest absolute Gasteiger partial charge is 0.252 e. The van der Waals surface area contributed by atoms with Crippen LogP contribution in [0, 0.1) is 0 Å². The molecule has 0 radical (unpaired) electrons. The highest BCUT2D eigenvalue weighted by Crippen LogP contribution is 2.24. The van der Waals surface area contributed by atoms with Gasteiger partial charge in [-0.05, 0) is 29.8 Å². The molecule has 1 unspecified atom stereocenters. The fourth-order valence-corrected chi connectivity index (χ4v) is 2.67. The van der Waals surface area contributed by atoms with E-state index in [1.807, 2.05) is 48.5 Å². The summed E-state index contributed by atoms with van der Waals surface area (Å²) in [6.45, 7) is 0. The Labute approximate surface area is 152 Å². The maximum absolute atomic E-state index is 12.9. The van der Waals surface area contributed by atoms with E-state index < -0.39 is 0 Å². The van der Waals surface area contributed by atoms with Crippen LogP contribution < -0.4 is 14.8 Å². The Morgan fingerprint density at radius 3 is 2.15 bits per heavy atom. The number of rotatable bonds is 6. The lowest BCUT2D eigenvalue weighted by atomic mass is 10.0. The predicted octanol–water partition coefficient (Wildman–Crippen LogP) is 3.62. The number of hydrogen-bond acceptors (Lipinski definition) is 4. The first-order chi connectivity index (χ1) is 12.7. The molecule has 132 valence electrons. The molecule has 0 spiro atoms. The summed E-state index contributed by atoms with van der Waals surface area (Å²) < 4.78 is 10.5. The van der Waals surface area contributed by atoms with Crippen molar-refractivity contribution in [3.05, 3.63) is 89.7 Å². The number of carbonyl (C=O) groups is 1. The lowest BCUT2D eigenvalue weighted by Gasteiger charge is -2.19. The molecule has 0 aliphatic rings. The molecule has 1 aromatic heterocycles. The van der Waals surface area contributed by atoms with Crippen molar-refractivity contribution in [1.82, 2.24) is 10.3 Å². The minimum Gasteiger partial charge on any atom is -0.497 e. The zero-order valence-electron chi connectivity index (χ0n) is 14.7. The van der Waals surface area contributed by atoms with Crippen LogP contribution in [0.4, 0.5) is 0 Å². The molecular formula is C21H20N2O3. The zero-order chi connectivity index (χ0) is 18.4. The molecule has 5 nitrogen and oxygen atoms in total. The summed E-state index contributed by atoms with van der Waals surface area (Å²) in [7, 11) is 3.11. The molecule has 3 rings (SSSR count). The largest absolute Gasteiger partial charge is 0.497 e. The van der Waals surface area contributed by atoms with E-state index in [-0.39, 0.29) is 11.9 Å². The fraction of sp³-hybridized carbons (Fsp3) is 0.143. The van der Waals surface area contributed by atoms with E-state index in [9.17, 15) is 4.79 Å². The van der Waals surface area contributed by atoms with Crippen LogP contribution in [-0.4, -0.2) is 25.1 Å². The van der Waals surface area contributed by atoms with Gasteiger partial charge >= 0.3 is 0 Å². The summed E-state index contributed by atoms with van der Waals surface area (Å²) in [6.07, 6.45) is 1.71. The molecule has 1 atom stereocenters. The van der Waals surface area contributed by atoms with Crippen molar-refractivity contribution in [1.29, 1.82) is 0 Å². The van der Waals surface area contributed by atoms with E-state index in [2.05, 4.69) is 10.3 Å². The zero-order valence-corrected chi connectivity index (χ0v) is 14.7. The summed E-state index contributed by atoms with van der Waals surface area (Å²) in [6, 6.07) is 20.1. The molecule has 0 aliphatic heterocycles. The number of nitrogens with one attached hydrogen (secondary N) is 1. The van der Waals surface area contributed by atoms with Crippen LogP contribution in [0.1, 0.15) is 27.7 Å². The quantitative estimate of drug-likeness (QED) is 0.739. The molecule has 0 aliphatic carbocycles. The number of benzene rings is 2. The van der Waals surface area contributed by atoms with Gasteiger partial charge in [-0.25, -0.2) is 0 Å². The summed E-state index contributed by atoms with van der Waals surface area (Å²) in [5, 5.41) is 3.06. The second kappa shape index (κ2) is 8.16. The summed E-state index contributed by atoms with van der Waals surface area (Å²) in [4.78, 5) is 17.3. The maximum Gasteiger partial charge on any atom is 0.252 e. The summed E-state index contributed by atoms with van der Waals surface area (Å²) in [5.74, 6) is 0.883. The molecule has 2 aromatic carbocycles. The minimum atomic E-state index is -0.359. The molecule has 0 saturated heterocycles. The van der Waals surface area contributed by atoms with Crippen molar-refractivity contribution in [3.8, 4) is 11.5 Å². The first-order valence-corrected chi connectivity index (χ1v) is 8.21. The number of amides is 1. The molecule has 0 saturated carbocycles. The van der Waals surface area contributed by atoms with Crippen molar-refractivity contribution in [2.24, 2.45) is 0 Å². The molecular weight excluding hydrogens is 328 g/mol. The Morgan fingerprint density at radius 1 is 0.923 bits per heavy atom. The van der Waals surface area contributed by atoms with E-state index in [4.69, 9.17) is 9.47 Å². The highest BCUT2D eigenvalue weighted by molar-refractivity contribution is 5.95. The van der Waals surface area contributed by atoms with Crippen molar-refractivity contribution in [2.45, 2.75) is 6.04 Å². The van der Waals surface area contributed by atoms with Crippen LogP contribution in [0.3, 0.4) is 0 Å². The van der Waals surface area contributed by atoms with E-state index in [1.54, 1.807) is 38.6 Å². The molecule has 0 bridgehead atoms. The van der Waals surface area contributed by atoms with Gasteiger partial charge in [0.1, 0.15) is 11.5 Å². The lowest BCUT2D eigenvalue weighted by Crippen LogP contribution is -2.30. The van der Waals surface area contributed by atoms with Gasteiger partial charge in [-0.1, -0.05) is 36.4 Å². The van der Waals surface area contributed by atoms with E-state index >= 15 is 0 Å². The third kappa shape index (κ3) is 4.00. The first kappa shape index (κ1) is 17.5. The third-order valence-electron chi connectivity index (χ3n) is 4.01. The first-order valence-electron chi connectivity index (χ1n) is 8.21. The fourth-order valence-electron chi connectivity index (χ4n) is 2.67. The van der Waals surface area contributed by atoms with E-state index in [0.717, 1.165) is 11.3 Å². The van der Waals surface area contributed by atoms with E-state index in [0.29, 0.717) is 17.1 Å². The standard InChI is InChI=1S/C21H20N2O3/c1-25-17-12-16(13-18(14-17)26-2)21(24)23-20(15-8-4-3-5-9-15)19-10-6-7-11-22-19/h3-14,20H,1-2H3,(H,23,24). The van der Waals surface area contributed by atoms with Crippen LogP contribution in [0.25, 0.3) is 0 Å². The van der Waals surface area contributed by atoms with Crippen LogP contribution in [0.2, 0.25) is 0 Å². The molecule has 1 amide bonds. The van der Waals surface area contributed by atoms with Gasteiger partial charge in [-0.15, -0.1) is 0 Å². The number of methoxy groups -OCH3 is 2. The molecule has 3 aromatic rings. The monoisotopic (exact) mass is 348 g/mol. The second-order valence-electron chi connectivity index (χ2n) is 5.67. The van der Waals surface area contributed by atoms with Gasteiger partial charge in [0.05, 0.1) is 26.0 Å². The van der Waals surface area contributed by atoms with Crippen LogP contribution >= 0.6 is 0 Å². The van der Waals surface area contributed by atoms with Crippen LogP contribution in [-0.2, 0) is 0 Å². The summed E-state index contributed by atoms with van der Waals surface area (Å²) >= 11 is 0. The Morgan fingerprint density at radius 2 is 1.58 bits per heavy atom. The number of hydrogen-bond donors (Lipinski definition) is 1. The Balaban J connectivity index is 1.93. The van der Waals surface area contributed by atoms with Gasteiger partial charge in [0, 0.05) is 17.8 Å². The average Bonchev–Trinajstić information content (AvgIpc) is 2.72. The summed E-state index contributed by atoms with van der Waals surface area (Å²) in [5.41, 5.74) is 2.18. The number of carbonyl (C=O) groups excluding carboxylic acids is 1. The number of ether oxygens (including phenoxy) is 2. The minimum absolute atomic E-state index is 0.235. The van der Waals surface area contributed by atoms with E-state index in [1.165, 1.54) is 0 Å². The Bertz CT molecular complexity index is 805. The number of pyridine rings is 1. The van der Waals surface area contributed by atoms with Gasteiger partial charge in [0.15, 0.2) is 0 Å². The average molecular weight is 348 g/mol. The van der Waals surface area contributed by atoms with Gasteiger partial charge < -0.3 is 14.8 Å². The topological polar surface area (TPSA) is 60.5 Å². The van der Waals surface area contributed by atoms with Gasteiger partial charge in [0.25, 0.3) is 5.91 Å². The highest BCUT2D eigenvalue weighted by Gasteiger charge is 2.19. The molecule has 1 N–H and O–H groups in total. The van der Waals surface area contributed by atoms with Crippen molar-refractivity contribution < 1.29 is 14.3 Å². The maximum atomic E-state index is 12.9. The molecule has 0 fully saturated rings. The van der Waals surface area contributed by atoms with Crippen molar-refractivity contribution >= 4 is 5.91 Å². The normalized spacial score (nSPS) is 11.5. The highest BCUT2D eigenvalue weighted by atomic mass is 16.5. The Hall–Kier alpha value is -3.34. The van der Waals surface area contributed by atoms with Gasteiger partial charge in [-0.3, -0.25) is 9.78 Å². The molecule has 1 heterocycles. The third-order valence-corrected chi connectivity index (χ3v) is 4.01.